The number of thioether (sulfide) groups is 1. The number of nitrogens with one attached hydrogen (secondary N) is 1. The summed E-state index contributed by atoms with van der Waals surface area (Å²) in [6.45, 7) is 4.96. The van der Waals surface area contributed by atoms with E-state index in [0.717, 1.165) is 36.7 Å². The summed E-state index contributed by atoms with van der Waals surface area (Å²) in [5, 5.41) is 2.82. The number of benzene rings is 1. The Morgan fingerprint density at radius 2 is 1.64 bits per heavy atom. The van der Waals surface area contributed by atoms with Crippen molar-refractivity contribution in [3.05, 3.63) is 35.4 Å². The summed E-state index contributed by atoms with van der Waals surface area (Å²) in [7, 11) is 0. The van der Waals surface area contributed by atoms with E-state index in [2.05, 4.69) is 16.3 Å². The molecule has 0 bridgehead atoms. The topological polar surface area (TPSA) is 52.7 Å². The summed E-state index contributed by atoms with van der Waals surface area (Å²) in [5.74, 6) is 0.948. The highest BCUT2D eigenvalue weighted by Gasteiger charge is 2.23. The van der Waals surface area contributed by atoms with Crippen molar-refractivity contribution in [3.63, 3.8) is 0 Å². The fraction of sp³-hybridized carbons (Fsp3) is 0.579. The Morgan fingerprint density at radius 3 is 2.36 bits per heavy atom. The largest absolute Gasteiger partial charge is 0.344 e. The highest BCUT2D eigenvalue weighted by atomic mass is 32.2. The van der Waals surface area contributed by atoms with Crippen molar-refractivity contribution in [3.8, 4) is 0 Å². The Balaban J connectivity index is 1.55. The summed E-state index contributed by atoms with van der Waals surface area (Å²) in [6, 6.07) is 8.20. The van der Waals surface area contributed by atoms with Crippen molar-refractivity contribution in [2.75, 3.05) is 37.7 Å². The minimum absolute atomic E-state index is 0.395. The smallest absolute Gasteiger partial charge is 0.311 e. The summed E-state index contributed by atoms with van der Waals surface area (Å²) in [5.41, 5.74) is 2.34. The number of piperidine rings is 1. The zero-order valence-electron chi connectivity index (χ0n) is 14.7. The molecule has 0 aliphatic carbocycles. The quantitative estimate of drug-likeness (QED) is 0.832. The summed E-state index contributed by atoms with van der Waals surface area (Å²) >= 11 is 1.83. The van der Waals surface area contributed by atoms with Gasteiger partial charge < -0.3 is 10.2 Å². The van der Waals surface area contributed by atoms with Crippen LogP contribution in [0.25, 0.3) is 0 Å². The maximum Gasteiger partial charge on any atom is 0.311 e. The van der Waals surface area contributed by atoms with E-state index in [-0.39, 0.29) is 0 Å². The highest BCUT2D eigenvalue weighted by molar-refractivity contribution is 7.99. The van der Waals surface area contributed by atoms with Crippen LogP contribution in [0.15, 0.2) is 24.3 Å². The Hall–Kier alpha value is -1.53. The molecule has 0 unspecified atom stereocenters. The number of nitrogens with zero attached hydrogens (tertiary/aromatic N) is 2. The van der Waals surface area contributed by atoms with Gasteiger partial charge in [-0.2, -0.15) is 11.8 Å². The van der Waals surface area contributed by atoms with E-state index < -0.39 is 11.8 Å². The van der Waals surface area contributed by atoms with Gasteiger partial charge >= 0.3 is 11.8 Å². The number of hydrogen-bond acceptors (Lipinski definition) is 4. The van der Waals surface area contributed by atoms with Gasteiger partial charge in [0.2, 0.25) is 0 Å². The molecule has 0 saturated carbocycles. The number of amides is 2. The molecule has 0 spiro atoms. The highest BCUT2D eigenvalue weighted by Crippen LogP contribution is 2.16. The third kappa shape index (κ3) is 5.22. The van der Waals surface area contributed by atoms with Crippen molar-refractivity contribution >= 4 is 23.6 Å². The van der Waals surface area contributed by atoms with Gasteiger partial charge in [0.15, 0.2) is 0 Å². The van der Waals surface area contributed by atoms with E-state index in [9.17, 15) is 9.59 Å². The third-order valence-corrected chi connectivity index (χ3v) is 5.84. The van der Waals surface area contributed by atoms with E-state index in [1.807, 2.05) is 30.0 Å². The van der Waals surface area contributed by atoms with Gasteiger partial charge in [0, 0.05) is 37.7 Å². The molecule has 6 heteroatoms. The van der Waals surface area contributed by atoms with Gasteiger partial charge in [-0.1, -0.05) is 30.7 Å². The van der Waals surface area contributed by atoms with Crippen LogP contribution in [0.5, 0.6) is 0 Å². The number of hydrogen-bond donors (Lipinski definition) is 1. The number of rotatable bonds is 4. The molecule has 2 heterocycles. The predicted molar refractivity (Wildman–Crippen MR) is 101 cm³/mol. The molecule has 1 N–H and O–H groups in total. The molecule has 2 amide bonds. The number of carbonyl (C=O) groups excluding carboxylic acids is 2. The lowest BCUT2D eigenvalue weighted by Crippen LogP contribution is -2.46. The standard InChI is InChI=1S/C19H27N3O2S/c23-18(19(24)22-10-12-25-13-11-22)20-14-16-6-2-3-7-17(16)15-21-8-4-1-5-9-21/h2-3,6-7H,1,4-5,8-15H2,(H,20,23). The molecule has 5 nitrogen and oxygen atoms in total. The van der Waals surface area contributed by atoms with Crippen LogP contribution < -0.4 is 5.32 Å². The first-order valence-corrected chi connectivity index (χ1v) is 10.3. The van der Waals surface area contributed by atoms with Crippen LogP contribution in [0, 0.1) is 0 Å². The second-order valence-corrected chi connectivity index (χ2v) is 7.92. The molecule has 0 radical (unpaired) electrons. The lowest BCUT2D eigenvalue weighted by atomic mass is 10.0. The molecule has 1 aromatic rings. The first-order valence-electron chi connectivity index (χ1n) is 9.18. The maximum absolute atomic E-state index is 12.2. The van der Waals surface area contributed by atoms with Crippen LogP contribution in [0.4, 0.5) is 0 Å². The molecule has 2 saturated heterocycles. The number of carbonyl (C=O) groups is 2. The van der Waals surface area contributed by atoms with Crippen molar-refractivity contribution in [2.45, 2.75) is 32.4 Å². The summed E-state index contributed by atoms with van der Waals surface area (Å²) < 4.78 is 0. The Bertz CT molecular complexity index is 596. The van der Waals surface area contributed by atoms with E-state index in [1.54, 1.807) is 4.90 Å². The van der Waals surface area contributed by atoms with Crippen LogP contribution in [0.3, 0.4) is 0 Å². The van der Waals surface area contributed by atoms with Crippen LogP contribution in [0.1, 0.15) is 30.4 Å². The van der Waals surface area contributed by atoms with Gasteiger partial charge in [-0.15, -0.1) is 0 Å². The Labute approximate surface area is 154 Å². The SMILES string of the molecule is O=C(NCc1ccccc1CN1CCCCC1)C(=O)N1CCSCC1. The first-order chi connectivity index (χ1) is 12.2. The average molecular weight is 362 g/mol. The van der Waals surface area contributed by atoms with Crippen LogP contribution in [0.2, 0.25) is 0 Å². The molecule has 2 aliphatic rings. The minimum atomic E-state index is -0.486. The van der Waals surface area contributed by atoms with Crippen LogP contribution in [-0.4, -0.2) is 59.3 Å². The Kier molecular flexibility index (Phi) is 6.76. The summed E-state index contributed by atoms with van der Waals surface area (Å²) in [4.78, 5) is 28.5. The lowest BCUT2D eigenvalue weighted by Gasteiger charge is -2.27. The molecule has 136 valence electrons. The van der Waals surface area contributed by atoms with Crippen molar-refractivity contribution in [1.82, 2.24) is 15.1 Å². The molecule has 0 atom stereocenters. The Morgan fingerprint density at radius 1 is 0.960 bits per heavy atom. The zero-order valence-corrected chi connectivity index (χ0v) is 15.5. The maximum atomic E-state index is 12.2. The third-order valence-electron chi connectivity index (χ3n) is 4.89. The monoisotopic (exact) mass is 361 g/mol. The van der Waals surface area contributed by atoms with Crippen LogP contribution >= 0.6 is 11.8 Å². The van der Waals surface area contributed by atoms with E-state index in [0.29, 0.717) is 19.6 Å². The van der Waals surface area contributed by atoms with E-state index in [1.165, 1.54) is 24.8 Å². The minimum Gasteiger partial charge on any atom is -0.344 e. The fourth-order valence-corrected chi connectivity index (χ4v) is 4.31. The zero-order chi connectivity index (χ0) is 17.5. The van der Waals surface area contributed by atoms with Gasteiger partial charge in [-0.25, -0.2) is 0 Å². The van der Waals surface area contributed by atoms with Crippen molar-refractivity contribution in [1.29, 1.82) is 0 Å². The second kappa shape index (κ2) is 9.25. The molecule has 2 aliphatic heterocycles. The van der Waals surface area contributed by atoms with Crippen LogP contribution in [-0.2, 0) is 22.7 Å². The van der Waals surface area contributed by atoms with Gasteiger partial charge in [-0.3, -0.25) is 14.5 Å². The van der Waals surface area contributed by atoms with Gasteiger partial charge in [0.1, 0.15) is 0 Å². The van der Waals surface area contributed by atoms with E-state index >= 15 is 0 Å². The average Bonchev–Trinajstić information content (AvgIpc) is 2.68. The molecular formula is C19H27N3O2S. The fourth-order valence-electron chi connectivity index (χ4n) is 3.40. The lowest BCUT2D eigenvalue weighted by molar-refractivity contribution is -0.145. The van der Waals surface area contributed by atoms with Gasteiger partial charge in [-0.05, 0) is 37.1 Å². The van der Waals surface area contributed by atoms with Gasteiger partial charge in [0.05, 0.1) is 0 Å². The molecule has 2 fully saturated rings. The molecule has 0 aromatic heterocycles. The molecular weight excluding hydrogens is 334 g/mol. The second-order valence-electron chi connectivity index (χ2n) is 6.69. The molecule has 1 aromatic carbocycles. The number of likely N-dealkylation sites (tertiary alicyclic amines) is 1. The predicted octanol–water partition coefficient (Wildman–Crippen LogP) is 1.86. The molecule has 3 rings (SSSR count). The first kappa shape index (κ1) is 18.3. The normalized spacial score (nSPS) is 18.8. The molecule has 25 heavy (non-hydrogen) atoms. The van der Waals surface area contributed by atoms with E-state index in [4.69, 9.17) is 0 Å². The van der Waals surface area contributed by atoms with Crippen molar-refractivity contribution < 1.29 is 9.59 Å². The van der Waals surface area contributed by atoms with Crippen molar-refractivity contribution in [2.24, 2.45) is 0 Å². The summed E-state index contributed by atoms with van der Waals surface area (Å²) in [6.07, 6.45) is 3.86. The van der Waals surface area contributed by atoms with Gasteiger partial charge in [0.25, 0.3) is 0 Å².